The van der Waals surface area contributed by atoms with Crippen LogP contribution in [0.25, 0.3) is 0 Å². The van der Waals surface area contributed by atoms with E-state index in [0.29, 0.717) is 0 Å². The Hall–Kier alpha value is 0.730. The molecule has 0 fully saturated rings. The van der Waals surface area contributed by atoms with Crippen LogP contribution in [0.5, 0.6) is 0 Å². The summed E-state index contributed by atoms with van der Waals surface area (Å²) in [6.45, 7) is 4.57. The molecule has 0 aliphatic rings. The first-order chi connectivity index (χ1) is 4.35. The number of hydrogen-bond donors (Lipinski definition) is 0. The van der Waals surface area contributed by atoms with Gasteiger partial charge in [-0.05, 0) is 16.8 Å². The van der Waals surface area contributed by atoms with Gasteiger partial charge in [0.05, 0.1) is 0 Å². The molecule has 0 heterocycles. The molecule has 0 aliphatic carbocycles. The first-order valence-electron chi connectivity index (χ1n) is 3.91. The third kappa shape index (κ3) is 5.19. The van der Waals surface area contributed by atoms with Crippen molar-refractivity contribution in [1.82, 2.24) is 0 Å². The van der Waals surface area contributed by atoms with Gasteiger partial charge in [-0.2, -0.15) is 0 Å². The largest absolute Gasteiger partial charge is 0.0864 e. The van der Waals surface area contributed by atoms with Crippen LogP contribution in [0.2, 0.25) is 0 Å². The molecule has 0 aromatic rings. The van der Waals surface area contributed by atoms with E-state index in [-0.39, 0.29) is 0 Å². The topological polar surface area (TPSA) is 0 Å². The Morgan fingerprint density at radius 3 is 2.22 bits per heavy atom. The van der Waals surface area contributed by atoms with E-state index >= 15 is 0 Å². The third-order valence-corrected chi connectivity index (χ3v) is 2.41. The summed E-state index contributed by atoms with van der Waals surface area (Å²) in [7, 11) is 0. The van der Waals surface area contributed by atoms with Gasteiger partial charge in [-0.3, -0.25) is 0 Å². The fourth-order valence-corrected chi connectivity index (χ4v) is 2.00. The van der Waals surface area contributed by atoms with Crippen molar-refractivity contribution in [2.24, 2.45) is 5.92 Å². The van der Waals surface area contributed by atoms with Gasteiger partial charge in [0, 0.05) is 0 Å². The van der Waals surface area contributed by atoms with Crippen LogP contribution < -0.4 is 0 Å². The van der Waals surface area contributed by atoms with Gasteiger partial charge in [-0.15, -0.1) is 0 Å². The Balaban J connectivity index is 3.18. The van der Waals surface area contributed by atoms with Crippen molar-refractivity contribution in [1.29, 1.82) is 0 Å². The SMILES string of the molecule is CCCC(CC)CCI. The van der Waals surface area contributed by atoms with Gasteiger partial charge in [-0.1, -0.05) is 55.7 Å². The Labute approximate surface area is 72.6 Å². The molecule has 0 aromatic heterocycles. The first kappa shape index (κ1) is 9.73. The number of rotatable bonds is 5. The van der Waals surface area contributed by atoms with Crippen LogP contribution in [0.1, 0.15) is 39.5 Å². The number of halogens is 1. The van der Waals surface area contributed by atoms with Gasteiger partial charge in [0.2, 0.25) is 0 Å². The predicted octanol–water partition coefficient (Wildman–Crippen LogP) is 3.64. The van der Waals surface area contributed by atoms with Gasteiger partial charge >= 0.3 is 0 Å². The number of alkyl halides is 1. The molecule has 56 valence electrons. The molecule has 0 radical (unpaired) electrons. The summed E-state index contributed by atoms with van der Waals surface area (Å²) in [5, 5.41) is 0. The standard InChI is InChI=1S/C8H17I/c1-3-5-8(4-2)6-7-9/h8H,3-7H2,1-2H3. The molecule has 0 amide bonds. The van der Waals surface area contributed by atoms with Crippen LogP contribution in [0.3, 0.4) is 0 Å². The first-order valence-corrected chi connectivity index (χ1v) is 5.43. The van der Waals surface area contributed by atoms with Gasteiger partial charge in [-0.25, -0.2) is 0 Å². The van der Waals surface area contributed by atoms with Crippen molar-refractivity contribution in [2.75, 3.05) is 4.43 Å². The van der Waals surface area contributed by atoms with Crippen molar-refractivity contribution >= 4 is 22.6 Å². The molecule has 0 saturated carbocycles. The van der Waals surface area contributed by atoms with Gasteiger partial charge in [0.15, 0.2) is 0 Å². The molecule has 0 saturated heterocycles. The van der Waals surface area contributed by atoms with Crippen LogP contribution in [0, 0.1) is 5.92 Å². The molecule has 0 bridgehead atoms. The van der Waals surface area contributed by atoms with E-state index in [1.54, 1.807) is 0 Å². The fraction of sp³-hybridized carbons (Fsp3) is 1.00. The monoisotopic (exact) mass is 240 g/mol. The minimum atomic E-state index is 1.01. The molecule has 0 aliphatic heterocycles. The molecule has 1 heteroatoms. The lowest BCUT2D eigenvalue weighted by Crippen LogP contribution is -1.97. The maximum atomic E-state index is 2.47. The molecule has 1 atom stereocenters. The molecule has 9 heavy (non-hydrogen) atoms. The second-order valence-corrected chi connectivity index (χ2v) is 3.62. The van der Waals surface area contributed by atoms with Gasteiger partial charge < -0.3 is 0 Å². The zero-order valence-corrected chi connectivity index (χ0v) is 8.65. The molecule has 0 rings (SSSR count). The lowest BCUT2D eigenvalue weighted by molar-refractivity contribution is 0.456. The Morgan fingerprint density at radius 1 is 1.22 bits per heavy atom. The average Bonchev–Trinajstić information content (AvgIpc) is 1.88. The highest BCUT2D eigenvalue weighted by Crippen LogP contribution is 2.15. The summed E-state index contributed by atoms with van der Waals surface area (Å²) < 4.78 is 1.33. The van der Waals surface area contributed by atoms with Crippen LogP contribution in [0.15, 0.2) is 0 Å². The molecule has 0 nitrogen and oxygen atoms in total. The second-order valence-electron chi connectivity index (χ2n) is 2.54. The zero-order valence-electron chi connectivity index (χ0n) is 6.49. The Morgan fingerprint density at radius 2 is 1.89 bits per heavy atom. The quantitative estimate of drug-likeness (QED) is 0.508. The number of hydrogen-bond acceptors (Lipinski definition) is 0. The van der Waals surface area contributed by atoms with Gasteiger partial charge in [0.25, 0.3) is 0 Å². The Bertz CT molecular complexity index is 46.5. The van der Waals surface area contributed by atoms with E-state index in [9.17, 15) is 0 Å². The minimum Gasteiger partial charge on any atom is -0.0864 e. The van der Waals surface area contributed by atoms with E-state index in [0.717, 1.165) is 5.92 Å². The van der Waals surface area contributed by atoms with Crippen molar-refractivity contribution in [3.8, 4) is 0 Å². The van der Waals surface area contributed by atoms with Crippen molar-refractivity contribution in [2.45, 2.75) is 39.5 Å². The van der Waals surface area contributed by atoms with Crippen molar-refractivity contribution < 1.29 is 0 Å². The van der Waals surface area contributed by atoms with Crippen molar-refractivity contribution in [3.05, 3.63) is 0 Å². The van der Waals surface area contributed by atoms with Crippen LogP contribution in [0.4, 0.5) is 0 Å². The van der Waals surface area contributed by atoms with Crippen LogP contribution in [-0.2, 0) is 0 Å². The van der Waals surface area contributed by atoms with E-state index in [1.165, 1.54) is 30.1 Å². The second kappa shape index (κ2) is 6.84. The third-order valence-electron chi connectivity index (χ3n) is 1.79. The summed E-state index contributed by atoms with van der Waals surface area (Å²) in [5.41, 5.74) is 0. The summed E-state index contributed by atoms with van der Waals surface area (Å²) in [4.78, 5) is 0. The molecular formula is C8H17I. The smallest absolute Gasteiger partial charge is 0.000209 e. The zero-order chi connectivity index (χ0) is 7.11. The van der Waals surface area contributed by atoms with E-state index in [1.807, 2.05) is 0 Å². The van der Waals surface area contributed by atoms with E-state index in [4.69, 9.17) is 0 Å². The minimum absolute atomic E-state index is 1.01. The highest BCUT2D eigenvalue weighted by Gasteiger charge is 2.01. The van der Waals surface area contributed by atoms with Crippen LogP contribution >= 0.6 is 22.6 Å². The molecule has 0 aromatic carbocycles. The van der Waals surface area contributed by atoms with Gasteiger partial charge in [0.1, 0.15) is 0 Å². The summed E-state index contributed by atoms with van der Waals surface area (Å²) >= 11 is 2.47. The normalized spacial score (nSPS) is 13.7. The summed E-state index contributed by atoms with van der Waals surface area (Å²) in [6, 6.07) is 0. The molecule has 1 unspecified atom stereocenters. The fourth-order valence-electron chi connectivity index (χ4n) is 1.12. The van der Waals surface area contributed by atoms with E-state index < -0.39 is 0 Å². The molecule has 0 N–H and O–H groups in total. The predicted molar refractivity (Wildman–Crippen MR) is 52.2 cm³/mol. The molecule has 0 spiro atoms. The highest BCUT2D eigenvalue weighted by atomic mass is 127. The summed E-state index contributed by atoms with van der Waals surface area (Å²) in [5.74, 6) is 1.01. The van der Waals surface area contributed by atoms with Crippen molar-refractivity contribution in [3.63, 3.8) is 0 Å². The highest BCUT2D eigenvalue weighted by molar-refractivity contribution is 14.1. The maximum Gasteiger partial charge on any atom is -0.000209 e. The Kier molecular flexibility index (Phi) is 7.40. The van der Waals surface area contributed by atoms with E-state index in [2.05, 4.69) is 36.4 Å². The lowest BCUT2D eigenvalue weighted by Gasteiger charge is -2.10. The summed E-state index contributed by atoms with van der Waals surface area (Å²) in [6.07, 6.45) is 5.58. The molecular weight excluding hydrogens is 223 g/mol. The average molecular weight is 240 g/mol. The lowest BCUT2D eigenvalue weighted by atomic mass is 9.98. The van der Waals surface area contributed by atoms with Crippen LogP contribution in [-0.4, -0.2) is 4.43 Å². The maximum absolute atomic E-state index is 2.47.